The van der Waals surface area contributed by atoms with Gasteiger partial charge in [0.25, 0.3) is 11.8 Å². The van der Waals surface area contributed by atoms with E-state index in [0.717, 1.165) is 12.8 Å². The van der Waals surface area contributed by atoms with Gasteiger partial charge in [-0.2, -0.15) is 0 Å². The van der Waals surface area contributed by atoms with Crippen LogP contribution in [0, 0.1) is 0 Å². The average Bonchev–Trinajstić information content (AvgIpc) is 3.11. The zero-order valence-electron chi connectivity index (χ0n) is 15.5. The van der Waals surface area contributed by atoms with E-state index in [1.165, 1.54) is 0 Å². The van der Waals surface area contributed by atoms with Crippen molar-refractivity contribution in [3.05, 3.63) is 64.1 Å². The molecule has 0 saturated carbocycles. The molecule has 2 heterocycles. The van der Waals surface area contributed by atoms with E-state index in [0.29, 0.717) is 46.5 Å². The zero-order chi connectivity index (χ0) is 20.4. The van der Waals surface area contributed by atoms with E-state index in [9.17, 15) is 9.59 Å². The summed E-state index contributed by atoms with van der Waals surface area (Å²) in [4.78, 5) is 32.9. The highest BCUT2D eigenvalue weighted by molar-refractivity contribution is 6.43. The lowest BCUT2D eigenvalue weighted by atomic mass is 9.87. The van der Waals surface area contributed by atoms with Crippen molar-refractivity contribution in [3.8, 4) is 0 Å². The summed E-state index contributed by atoms with van der Waals surface area (Å²) in [6, 6.07) is 13.8. The number of benzene rings is 2. The number of likely N-dealkylation sites (tertiary alicyclic amines) is 1. The number of amides is 2. The van der Waals surface area contributed by atoms with Crippen molar-refractivity contribution in [1.82, 2.24) is 4.90 Å². The van der Waals surface area contributed by atoms with Crippen molar-refractivity contribution in [3.63, 3.8) is 0 Å². The molecule has 0 radical (unpaired) electrons. The van der Waals surface area contributed by atoms with E-state index in [4.69, 9.17) is 28.0 Å². The van der Waals surface area contributed by atoms with Crippen molar-refractivity contribution in [2.75, 3.05) is 18.4 Å². The molecule has 0 aliphatic carbocycles. The fraction of sp³-hybridized carbons (Fsp3) is 0.286. The third-order valence-electron chi connectivity index (χ3n) is 5.08. The van der Waals surface area contributed by atoms with Crippen molar-refractivity contribution >= 4 is 46.4 Å². The Kier molecular flexibility index (Phi) is 5.48. The Labute approximate surface area is 178 Å². The van der Waals surface area contributed by atoms with Gasteiger partial charge in [0.15, 0.2) is 5.60 Å². The molecule has 6 nitrogen and oxygen atoms in total. The summed E-state index contributed by atoms with van der Waals surface area (Å²) in [5.41, 5.74) is 0.759. The number of rotatable bonds is 3. The molecule has 1 atom stereocenters. The van der Waals surface area contributed by atoms with E-state index >= 15 is 0 Å². The van der Waals surface area contributed by atoms with Crippen molar-refractivity contribution in [2.24, 2.45) is 5.16 Å². The van der Waals surface area contributed by atoms with Crippen LogP contribution in [0.25, 0.3) is 0 Å². The number of carbonyl (C=O) groups excluding carboxylic acids is 2. The number of nitrogens with zero attached hydrogens (tertiary/aromatic N) is 2. The van der Waals surface area contributed by atoms with Crippen molar-refractivity contribution in [1.29, 1.82) is 0 Å². The maximum Gasteiger partial charge on any atom is 0.273 e. The number of hydrogen-bond donors (Lipinski definition) is 1. The maximum atomic E-state index is 12.9. The number of hydrogen-bond acceptors (Lipinski definition) is 4. The van der Waals surface area contributed by atoms with E-state index in [2.05, 4.69) is 10.5 Å². The van der Waals surface area contributed by atoms with E-state index in [-0.39, 0.29) is 11.8 Å². The van der Waals surface area contributed by atoms with E-state index in [1.54, 1.807) is 53.4 Å². The highest BCUT2D eigenvalue weighted by Crippen LogP contribution is 2.34. The number of oxime groups is 1. The highest BCUT2D eigenvalue weighted by Gasteiger charge is 2.45. The van der Waals surface area contributed by atoms with Gasteiger partial charge in [-0.05, 0) is 49.2 Å². The van der Waals surface area contributed by atoms with Gasteiger partial charge in [-0.3, -0.25) is 9.59 Å². The normalized spacial score (nSPS) is 20.9. The molecule has 1 spiro atoms. The second-order valence-electron chi connectivity index (χ2n) is 7.29. The van der Waals surface area contributed by atoms with Crippen molar-refractivity contribution < 1.29 is 14.4 Å². The van der Waals surface area contributed by atoms with Crippen LogP contribution in [0.5, 0.6) is 0 Å². The topological polar surface area (TPSA) is 71.0 Å². The third-order valence-corrected chi connectivity index (χ3v) is 5.55. The molecule has 2 aromatic carbocycles. The van der Waals surface area contributed by atoms with Gasteiger partial charge in [0.1, 0.15) is 5.71 Å². The second kappa shape index (κ2) is 8.05. The van der Waals surface area contributed by atoms with Gasteiger partial charge < -0.3 is 15.1 Å². The number of nitrogens with one attached hydrogen (secondary N) is 1. The Bertz CT molecular complexity index is 995. The van der Waals surface area contributed by atoms with Gasteiger partial charge in [0, 0.05) is 34.3 Å². The van der Waals surface area contributed by atoms with Crippen LogP contribution in [0.2, 0.25) is 10.0 Å². The minimum atomic E-state index is -0.673. The van der Waals surface area contributed by atoms with Crippen LogP contribution in [0.15, 0.2) is 53.7 Å². The molecule has 2 aromatic rings. The van der Waals surface area contributed by atoms with Crippen LogP contribution in [0.1, 0.15) is 29.6 Å². The van der Waals surface area contributed by atoms with E-state index in [1.807, 2.05) is 0 Å². The number of carbonyl (C=O) groups is 2. The van der Waals surface area contributed by atoms with Crippen LogP contribution < -0.4 is 5.32 Å². The molecule has 150 valence electrons. The summed E-state index contributed by atoms with van der Waals surface area (Å²) in [5, 5.41) is 7.86. The summed E-state index contributed by atoms with van der Waals surface area (Å²) in [5.74, 6) is -0.436. The Morgan fingerprint density at radius 1 is 1.10 bits per heavy atom. The van der Waals surface area contributed by atoms with Gasteiger partial charge >= 0.3 is 0 Å². The summed E-state index contributed by atoms with van der Waals surface area (Å²) in [7, 11) is 0. The summed E-state index contributed by atoms with van der Waals surface area (Å²) in [6.45, 7) is 0.996. The molecule has 2 aliphatic heterocycles. The van der Waals surface area contributed by atoms with E-state index < -0.39 is 5.60 Å². The first-order chi connectivity index (χ1) is 13.9. The standard InChI is InChI=1S/C21H19Cl2N3O3/c22-15-5-1-4-14(10-15)20(28)26-9-3-8-21(13-26)12-18(25-29-21)19(27)24-17-7-2-6-16(23)11-17/h1-2,4-7,10-11H,3,8-9,12-13H2,(H,24,27). The predicted molar refractivity (Wildman–Crippen MR) is 113 cm³/mol. The van der Waals surface area contributed by atoms with Gasteiger partial charge in [0.2, 0.25) is 0 Å². The molecule has 1 unspecified atom stereocenters. The number of piperidine rings is 1. The first-order valence-corrected chi connectivity index (χ1v) is 10.1. The smallest absolute Gasteiger partial charge is 0.273 e. The molecule has 0 bridgehead atoms. The second-order valence-corrected chi connectivity index (χ2v) is 8.17. The Morgan fingerprint density at radius 3 is 2.62 bits per heavy atom. The lowest BCUT2D eigenvalue weighted by Crippen LogP contribution is -2.50. The monoisotopic (exact) mass is 431 g/mol. The first kappa shape index (κ1) is 19.7. The van der Waals surface area contributed by atoms with Crippen LogP contribution >= 0.6 is 23.2 Å². The third kappa shape index (κ3) is 4.38. The minimum Gasteiger partial charge on any atom is -0.386 e. The number of anilines is 1. The van der Waals surface area contributed by atoms with Crippen LogP contribution in [-0.2, 0) is 9.63 Å². The molecule has 0 aromatic heterocycles. The summed E-state index contributed by atoms with van der Waals surface area (Å²) in [6.07, 6.45) is 1.84. The average molecular weight is 432 g/mol. The van der Waals surface area contributed by atoms with Gasteiger partial charge in [-0.15, -0.1) is 0 Å². The fourth-order valence-electron chi connectivity index (χ4n) is 3.71. The highest BCUT2D eigenvalue weighted by atomic mass is 35.5. The minimum absolute atomic E-state index is 0.105. The Hall–Kier alpha value is -2.57. The zero-order valence-corrected chi connectivity index (χ0v) is 17.0. The molecular formula is C21H19Cl2N3O3. The van der Waals surface area contributed by atoms with Gasteiger partial charge in [-0.25, -0.2) is 0 Å². The van der Waals surface area contributed by atoms with Crippen LogP contribution in [-0.4, -0.2) is 41.1 Å². The predicted octanol–water partition coefficient (Wildman–Crippen LogP) is 4.38. The molecule has 29 heavy (non-hydrogen) atoms. The molecular weight excluding hydrogens is 413 g/mol. The quantitative estimate of drug-likeness (QED) is 0.783. The van der Waals surface area contributed by atoms with Gasteiger partial charge in [-0.1, -0.05) is 40.5 Å². The van der Waals surface area contributed by atoms with Crippen LogP contribution in [0.3, 0.4) is 0 Å². The molecule has 1 N–H and O–H groups in total. The summed E-state index contributed by atoms with van der Waals surface area (Å²) >= 11 is 12.0. The molecule has 1 saturated heterocycles. The molecule has 2 aliphatic rings. The molecule has 4 rings (SSSR count). The molecule has 8 heteroatoms. The number of halogens is 2. The van der Waals surface area contributed by atoms with Crippen LogP contribution in [0.4, 0.5) is 5.69 Å². The van der Waals surface area contributed by atoms with Crippen molar-refractivity contribution in [2.45, 2.75) is 24.9 Å². The Balaban J connectivity index is 1.42. The first-order valence-electron chi connectivity index (χ1n) is 9.31. The molecule has 1 fully saturated rings. The Morgan fingerprint density at radius 2 is 1.86 bits per heavy atom. The van der Waals surface area contributed by atoms with Gasteiger partial charge in [0.05, 0.1) is 6.54 Å². The fourth-order valence-corrected chi connectivity index (χ4v) is 4.09. The SMILES string of the molecule is O=C(Nc1cccc(Cl)c1)C1=NOC2(CCCN(C(=O)c3cccc(Cl)c3)C2)C1. The lowest BCUT2D eigenvalue weighted by molar-refractivity contribution is -0.110. The maximum absolute atomic E-state index is 12.9. The summed E-state index contributed by atoms with van der Waals surface area (Å²) < 4.78 is 0. The largest absolute Gasteiger partial charge is 0.386 e. The lowest BCUT2D eigenvalue weighted by Gasteiger charge is -2.38. The molecule has 2 amide bonds.